The van der Waals surface area contributed by atoms with Crippen LogP contribution in [-0.2, 0) is 12.0 Å². The van der Waals surface area contributed by atoms with Crippen LogP contribution in [0.1, 0.15) is 37.9 Å². The third-order valence-electron chi connectivity index (χ3n) is 5.85. The molecule has 1 aromatic heterocycles. The Kier molecular flexibility index (Phi) is 7.79. The number of hydrogen-bond acceptors (Lipinski definition) is 5. The SMILES string of the molecule is CCC(CC)(CO)c1nc(N(Cc2ccc(OC)cc2)c2ccc(F)cc2F)cnc1Br. The quantitative estimate of drug-likeness (QED) is 0.391. The Hall–Kier alpha value is -2.58. The fraction of sp³-hybridized carbons (Fsp3) is 0.333. The van der Waals surface area contributed by atoms with E-state index in [1.807, 2.05) is 38.1 Å². The molecule has 0 spiro atoms. The number of benzene rings is 2. The molecule has 170 valence electrons. The summed E-state index contributed by atoms with van der Waals surface area (Å²) < 4.78 is 34.2. The Balaban J connectivity index is 2.13. The lowest BCUT2D eigenvalue weighted by molar-refractivity contribution is 0.178. The topological polar surface area (TPSA) is 58.5 Å². The molecule has 0 radical (unpaired) electrons. The lowest BCUT2D eigenvalue weighted by atomic mass is 9.80. The van der Waals surface area contributed by atoms with Crippen molar-refractivity contribution in [3.63, 3.8) is 0 Å². The van der Waals surface area contributed by atoms with Crippen molar-refractivity contribution in [3.05, 3.63) is 76.2 Å². The molecule has 3 rings (SSSR count). The molecule has 0 saturated heterocycles. The van der Waals surface area contributed by atoms with E-state index >= 15 is 0 Å². The summed E-state index contributed by atoms with van der Waals surface area (Å²) in [5.74, 6) is -0.263. The van der Waals surface area contributed by atoms with Crippen molar-refractivity contribution in [2.45, 2.75) is 38.6 Å². The maximum atomic E-state index is 14.8. The van der Waals surface area contributed by atoms with Gasteiger partial charge in [-0.25, -0.2) is 18.7 Å². The first kappa shape index (κ1) is 24.1. The molecule has 0 atom stereocenters. The molecule has 1 N–H and O–H groups in total. The van der Waals surface area contributed by atoms with Crippen LogP contribution in [0, 0.1) is 11.6 Å². The Bertz CT molecular complexity index is 1050. The first-order valence-electron chi connectivity index (χ1n) is 10.4. The second kappa shape index (κ2) is 10.4. The van der Waals surface area contributed by atoms with Crippen molar-refractivity contribution in [1.29, 1.82) is 0 Å². The predicted octanol–water partition coefficient (Wildman–Crippen LogP) is 5.91. The summed E-state index contributed by atoms with van der Waals surface area (Å²) >= 11 is 3.46. The van der Waals surface area contributed by atoms with Crippen LogP contribution in [0.15, 0.2) is 53.3 Å². The number of aliphatic hydroxyl groups excluding tert-OH is 1. The highest BCUT2D eigenvalue weighted by Crippen LogP contribution is 2.37. The fourth-order valence-electron chi connectivity index (χ4n) is 3.62. The van der Waals surface area contributed by atoms with Crippen molar-refractivity contribution in [2.24, 2.45) is 0 Å². The molecule has 0 saturated carbocycles. The number of methoxy groups -OCH3 is 1. The number of rotatable bonds is 9. The van der Waals surface area contributed by atoms with Crippen molar-refractivity contribution < 1.29 is 18.6 Å². The predicted molar refractivity (Wildman–Crippen MR) is 124 cm³/mol. The van der Waals surface area contributed by atoms with E-state index in [2.05, 4.69) is 20.9 Å². The molecule has 1 heterocycles. The van der Waals surface area contributed by atoms with Gasteiger partial charge in [0.2, 0.25) is 0 Å². The molecule has 0 aliphatic rings. The van der Waals surface area contributed by atoms with E-state index in [-0.39, 0.29) is 18.8 Å². The summed E-state index contributed by atoms with van der Waals surface area (Å²) in [6, 6.07) is 10.8. The van der Waals surface area contributed by atoms with Crippen LogP contribution >= 0.6 is 15.9 Å². The Morgan fingerprint density at radius 3 is 2.34 bits per heavy atom. The van der Waals surface area contributed by atoms with Crippen molar-refractivity contribution in [2.75, 3.05) is 18.6 Å². The summed E-state index contributed by atoms with van der Waals surface area (Å²) in [7, 11) is 1.59. The van der Waals surface area contributed by atoms with Gasteiger partial charge in [0.05, 0.1) is 31.3 Å². The smallest absolute Gasteiger partial charge is 0.152 e. The zero-order valence-corrected chi connectivity index (χ0v) is 19.9. The Labute approximate surface area is 195 Å². The molecule has 0 aliphatic carbocycles. The fourth-order valence-corrected chi connectivity index (χ4v) is 4.23. The van der Waals surface area contributed by atoms with Gasteiger partial charge < -0.3 is 14.7 Å². The van der Waals surface area contributed by atoms with Gasteiger partial charge in [0, 0.05) is 18.0 Å². The molecule has 3 aromatic rings. The maximum absolute atomic E-state index is 14.8. The van der Waals surface area contributed by atoms with E-state index in [0.717, 1.165) is 11.6 Å². The number of ether oxygens (including phenoxy) is 1. The minimum Gasteiger partial charge on any atom is -0.497 e. The Morgan fingerprint density at radius 1 is 1.09 bits per heavy atom. The van der Waals surface area contributed by atoms with Gasteiger partial charge in [-0.1, -0.05) is 26.0 Å². The summed E-state index contributed by atoms with van der Waals surface area (Å²) in [5.41, 5.74) is 1.06. The van der Waals surface area contributed by atoms with E-state index in [4.69, 9.17) is 9.72 Å². The lowest BCUT2D eigenvalue weighted by Crippen LogP contribution is -2.32. The third-order valence-corrected chi connectivity index (χ3v) is 6.43. The van der Waals surface area contributed by atoms with Gasteiger partial charge in [0.15, 0.2) is 5.82 Å². The molecule has 0 amide bonds. The second-order valence-corrected chi connectivity index (χ2v) is 8.29. The van der Waals surface area contributed by atoms with Crippen LogP contribution < -0.4 is 9.64 Å². The van der Waals surface area contributed by atoms with Gasteiger partial charge in [0.25, 0.3) is 0 Å². The minimum absolute atomic E-state index is 0.0971. The number of hydrogen-bond donors (Lipinski definition) is 1. The lowest BCUT2D eigenvalue weighted by Gasteiger charge is -2.31. The average Bonchev–Trinajstić information content (AvgIpc) is 2.81. The number of anilines is 2. The maximum Gasteiger partial charge on any atom is 0.152 e. The average molecular weight is 506 g/mol. The van der Waals surface area contributed by atoms with Gasteiger partial charge >= 0.3 is 0 Å². The monoisotopic (exact) mass is 505 g/mol. The number of halogens is 3. The molecule has 0 bridgehead atoms. The molecule has 8 heteroatoms. The van der Waals surface area contributed by atoms with Crippen molar-refractivity contribution in [1.82, 2.24) is 9.97 Å². The second-order valence-electron chi connectivity index (χ2n) is 7.54. The van der Waals surface area contributed by atoms with Gasteiger partial charge in [0.1, 0.15) is 22.0 Å². The molecule has 2 aromatic carbocycles. The molecule has 0 aliphatic heterocycles. The molecule has 0 fully saturated rings. The summed E-state index contributed by atoms with van der Waals surface area (Å²) in [6.45, 7) is 4.14. The zero-order chi connectivity index (χ0) is 23.3. The van der Waals surface area contributed by atoms with Gasteiger partial charge in [-0.15, -0.1) is 0 Å². The number of aliphatic hydroxyl groups is 1. The number of nitrogens with zero attached hydrogens (tertiary/aromatic N) is 3. The highest BCUT2D eigenvalue weighted by molar-refractivity contribution is 9.10. The van der Waals surface area contributed by atoms with Crippen LogP contribution in [0.5, 0.6) is 5.75 Å². The summed E-state index contributed by atoms with van der Waals surface area (Å²) in [6.07, 6.45) is 2.84. The van der Waals surface area contributed by atoms with E-state index in [1.165, 1.54) is 18.3 Å². The molecular formula is C24H26BrF2N3O2. The molecule has 5 nitrogen and oxygen atoms in total. The summed E-state index contributed by atoms with van der Waals surface area (Å²) in [4.78, 5) is 10.9. The van der Waals surface area contributed by atoms with Crippen LogP contribution in [0.2, 0.25) is 0 Å². The summed E-state index contributed by atoms with van der Waals surface area (Å²) in [5, 5.41) is 10.1. The van der Waals surface area contributed by atoms with Crippen LogP contribution in [0.3, 0.4) is 0 Å². The normalized spacial score (nSPS) is 11.5. The molecule has 0 unspecified atom stereocenters. The Morgan fingerprint density at radius 2 is 1.78 bits per heavy atom. The van der Waals surface area contributed by atoms with E-state index in [1.54, 1.807) is 12.0 Å². The van der Waals surface area contributed by atoms with Gasteiger partial charge in [-0.3, -0.25) is 0 Å². The van der Waals surface area contributed by atoms with E-state index in [0.29, 0.717) is 34.7 Å². The third kappa shape index (κ3) is 4.91. The van der Waals surface area contributed by atoms with Gasteiger partial charge in [-0.2, -0.15) is 0 Å². The van der Waals surface area contributed by atoms with Crippen molar-refractivity contribution >= 4 is 27.4 Å². The highest BCUT2D eigenvalue weighted by Gasteiger charge is 2.33. The van der Waals surface area contributed by atoms with E-state index < -0.39 is 17.0 Å². The largest absolute Gasteiger partial charge is 0.497 e. The number of aromatic nitrogens is 2. The zero-order valence-electron chi connectivity index (χ0n) is 18.3. The van der Waals surface area contributed by atoms with Gasteiger partial charge in [-0.05, 0) is 58.6 Å². The van der Waals surface area contributed by atoms with Crippen LogP contribution in [0.25, 0.3) is 0 Å². The minimum atomic E-state index is -0.704. The van der Waals surface area contributed by atoms with Crippen LogP contribution in [-0.4, -0.2) is 28.8 Å². The first-order chi connectivity index (χ1) is 15.4. The highest BCUT2D eigenvalue weighted by atomic mass is 79.9. The van der Waals surface area contributed by atoms with E-state index in [9.17, 15) is 13.9 Å². The van der Waals surface area contributed by atoms with Crippen molar-refractivity contribution in [3.8, 4) is 5.75 Å². The van der Waals surface area contributed by atoms with Crippen LogP contribution in [0.4, 0.5) is 20.3 Å². The standard InChI is InChI=1S/C24H26BrF2N3O2/c1-4-24(5-2,15-31)22-23(25)28-13-21(29-22)30(20-11-8-17(26)12-19(20)27)14-16-6-9-18(32-3)10-7-16/h6-13,31H,4-5,14-15H2,1-3H3. The first-order valence-corrected chi connectivity index (χ1v) is 11.2. The molecule has 32 heavy (non-hydrogen) atoms. The molecular weight excluding hydrogens is 480 g/mol.